The predicted octanol–water partition coefficient (Wildman–Crippen LogP) is 3.98. The molecule has 1 aliphatic heterocycles. The summed E-state index contributed by atoms with van der Waals surface area (Å²) in [7, 11) is 0. The quantitative estimate of drug-likeness (QED) is 0.567. The maximum absolute atomic E-state index is 13.1. The molecule has 0 N–H and O–H groups in total. The Labute approximate surface area is 179 Å². The summed E-state index contributed by atoms with van der Waals surface area (Å²) < 4.78 is 2.74. The van der Waals surface area contributed by atoms with Gasteiger partial charge in [-0.1, -0.05) is 46.1 Å². The number of hydrogen-bond acceptors (Lipinski definition) is 3. The highest BCUT2D eigenvalue weighted by Crippen LogP contribution is 2.17. The lowest BCUT2D eigenvalue weighted by molar-refractivity contribution is 0.240. The molecule has 3 aromatic rings. The van der Waals surface area contributed by atoms with Crippen molar-refractivity contribution in [2.24, 2.45) is 0 Å². The fourth-order valence-electron chi connectivity index (χ4n) is 3.69. The van der Waals surface area contributed by atoms with Crippen molar-refractivity contribution in [3.63, 3.8) is 0 Å². The largest absolute Gasteiger partial charge is 0.294 e. The summed E-state index contributed by atoms with van der Waals surface area (Å²) in [4.78, 5) is 20.0. The van der Waals surface area contributed by atoms with Gasteiger partial charge in [0.05, 0.1) is 24.1 Å². The van der Waals surface area contributed by atoms with Crippen LogP contribution in [0, 0.1) is 11.8 Å². The number of nitrogens with zero attached hydrogens (tertiary/aromatic N) is 3. The smallest absolute Gasteiger partial charge is 0.258 e. The van der Waals surface area contributed by atoms with E-state index in [2.05, 4.69) is 49.8 Å². The Balaban J connectivity index is 1.53. The maximum atomic E-state index is 13.1. The van der Waals surface area contributed by atoms with Crippen LogP contribution in [0.25, 0.3) is 0 Å². The summed E-state index contributed by atoms with van der Waals surface area (Å²) >= 11 is 3.45. The lowest BCUT2D eigenvalue weighted by Gasteiger charge is -2.28. The standard InChI is InChI=1S/C24H22BrN3O/c1-2-4-18-5-3-6-20(13-18)14-27-12-11-23-22(16-27)24(29)28(17-26-23)15-19-7-9-21(25)10-8-19/h3,5-10,13,17H,11-12,14-16H2,1H3. The zero-order valence-corrected chi connectivity index (χ0v) is 17.9. The van der Waals surface area contributed by atoms with Gasteiger partial charge in [-0.25, -0.2) is 4.98 Å². The molecule has 2 aromatic carbocycles. The van der Waals surface area contributed by atoms with Crippen molar-refractivity contribution in [2.75, 3.05) is 6.54 Å². The van der Waals surface area contributed by atoms with Gasteiger partial charge in [-0.15, -0.1) is 5.92 Å². The fraction of sp³-hybridized carbons (Fsp3) is 0.250. The van der Waals surface area contributed by atoms with Crippen LogP contribution in [-0.2, 0) is 26.1 Å². The molecular weight excluding hydrogens is 426 g/mol. The molecule has 0 amide bonds. The third kappa shape index (κ3) is 4.67. The molecule has 5 heteroatoms. The molecule has 2 heterocycles. The number of benzene rings is 2. The van der Waals surface area contributed by atoms with Crippen molar-refractivity contribution >= 4 is 15.9 Å². The minimum Gasteiger partial charge on any atom is -0.294 e. The van der Waals surface area contributed by atoms with E-state index in [-0.39, 0.29) is 5.56 Å². The van der Waals surface area contributed by atoms with Gasteiger partial charge in [0.2, 0.25) is 0 Å². The third-order valence-electron chi connectivity index (χ3n) is 5.14. The second kappa shape index (κ2) is 8.77. The van der Waals surface area contributed by atoms with E-state index in [1.54, 1.807) is 10.9 Å². The molecule has 146 valence electrons. The molecule has 0 saturated carbocycles. The van der Waals surface area contributed by atoms with Crippen LogP contribution in [0.3, 0.4) is 0 Å². The first-order chi connectivity index (χ1) is 14.1. The van der Waals surface area contributed by atoms with E-state index in [1.165, 1.54) is 5.56 Å². The Morgan fingerprint density at radius 2 is 1.93 bits per heavy atom. The molecule has 0 bridgehead atoms. The van der Waals surface area contributed by atoms with Crippen LogP contribution in [0.4, 0.5) is 0 Å². The van der Waals surface area contributed by atoms with Crippen LogP contribution in [0.15, 0.2) is 64.1 Å². The molecule has 0 aliphatic carbocycles. The first-order valence-electron chi connectivity index (χ1n) is 9.68. The van der Waals surface area contributed by atoms with E-state index < -0.39 is 0 Å². The van der Waals surface area contributed by atoms with Gasteiger partial charge in [0.25, 0.3) is 5.56 Å². The van der Waals surface area contributed by atoms with Crippen molar-refractivity contribution in [3.05, 3.63) is 97.6 Å². The lowest BCUT2D eigenvalue weighted by Crippen LogP contribution is -2.37. The molecule has 0 saturated heterocycles. The van der Waals surface area contributed by atoms with E-state index in [4.69, 9.17) is 0 Å². The Kier molecular flexibility index (Phi) is 5.94. The molecule has 0 radical (unpaired) electrons. The summed E-state index contributed by atoms with van der Waals surface area (Å²) in [6.07, 6.45) is 2.49. The van der Waals surface area contributed by atoms with E-state index in [1.807, 2.05) is 43.3 Å². The number of hydrogen-bond donors (Lipinski definition) is 0. The number of rotatable bonds is 4. The number of aromatic nitrogens is 2. The van der Waals surface area contributed by atoms with E-state index in [0.29, 0.717) is 13.1 Å². The van der Waals surface area contributed by atoms with Gasteiger partial charge in [-0.2, -0.15) is 0 Å². The topological polar surface area (TPSA) is 38.1 Å². The monoisotopic (exact) mass is 447 g/mol. The van der Waals surface area contributed by atoms with Gasteiger partial charge in [-0.05, 0) is 42.3 Å². The Morgan fingerprint density at radius 3 is 2.72 bits per heavy atom. The summed E-state index contributed by atoms with van der Waals surface area (Å²) in [5, 5.41) is 0. The average Bonchev–Trinajstić information content (AvgIpc) is 2.73. The van der Waals surface area contributed by atoms with Crippen LogP contribution < -0.4 is 5.56 Å². The molecule has 4 nitrogen and oxygen atoms in total. The Morgan fingerprint density at radius 1 is 1.10 bits per heavy atom. The van der Waals surface area contributed by atoms with E-state index >= 15 is 0 Å². The first kappa shape index (κ1) is 19.6. The third-order valence-corrected chi connectivity index (χ3v) is 5.66. The summed E-state index contributed by atoms with van der Waals surface area (Å²) in [5.74, 6) is 6.06. The predicted molar refractivity (Wildman–Crippen MR) is 119 cm³/mol. The second-order valence-electron chi connectivity index (χ2n) is 7.27. The highest BCUT2D eigenvalue weighted by atomic mass is 79.9. The van der Waals surface area contributed by atoms with Crippen molar-refractivity contribution in [1.82, 2.24) is 14.5 Å². The molecule has 4 rings (SSSR count). The van der Waals surface area contributed by atoms with Crippen LogP contribution >= 0.6 is 15.9 Å². The van der Waals surface area contributed by atoms with Crippen LogP contribution in [0.2, 0.25) is 0 Å². The minimum atomic E-state index is 0.0632. The van der Waals surface area contributed by atoms with Gasteiger partial charge in [0, 0.05) is 36.1 Å². The molecule has 0 unspecified atom stereocenters. The van der Waals surface area contributed by atoms with Gasteiger partial charge in [-0.3, -0.25) is 14.3 Å². The molecule has 29 heavy (non-hydrogen) atoms. The summed E-state index contributed by atoms with van der Waals surface area (Å²) in [6.45, 7) is 4.72. The van der Waals surface area contributed by atoms with Crippen molar-refractivity contribution < 1.29 is 0 Å². The SMILES string of the molecule is CC#Cc1cccc(CN2CCc3ncn(Cc4ccc(Br)cc4)c(=O)c3C2)c1. The molecular formula is C24H22BrN3O. The Hall–Kier alpha value is -2.68. The van der Waals surface area contributed by atoms with E-state index in [9.17, 15) is 4.79 Å². The van der Waals surface area contributed by atoms with Crippen LogP contribution in [-0.4, -0.2) is 21.0 Å². The second-order valence-corrected chi connectivity index (χ2v) is 8.18. The lowest BCUT2D eigenvalue weighted by atomic mass is 10.0. The fourth-order valence-corrected chi connectivity index (χ4v) is 3.96. The summed E-state index contributed by atoms with van der Waals surface area (Å²) in [6, 6.07) is 16.3. The van der Waals surface area contributed by atoms with Gasteiger partial charge < -0.3 is 0 Å². The molecule has 0 fully saturated rings. The molecule has 0 atom stereocenters. The zero-order chi connectivity index (χ0) is 20.2. The zero-order valence-electron chi connectivity index (χ0n) is 16.4. The number of fused-ring (bicyclic) bond motifs is 1. The molecule has 1 aromatic heterocycles. The van der Waals surface area contributed by atoms with Crippen LogP contribution in [0.5, 0.6) is 0 Å². The van der Waals surface area contributed by atoms with Crippen molar-refractivity contribution in [3.8, 4) is 11.8 Å². The maximum Gasteiger partial charge on any atom is 0.258 e. The normalized spacial score (nSPS) is 13.4. The average molecular weight is 448 g/mol. The Bertz CT molecular complexity index is 1140. The van der Waals surface area contributed by atoms with Gasteiger partial charge >= 0.3 is 0 Å². The molecule has 1 aliphatic rings. The van der Waals surface area contributed by atoms with E-state index in [0.717, 1.165) is 46.4 Å². The van der Waals surface area contributed by atoms with Crippen molar-refractivity contribution in [1.29, 1.82) is 0 Å². The van der Waals surface area contributed by atoms with Crippen LogP contribution in [0.1, 0.15) is 34.9 Å². The minimum absolute atomic E-state index is 0.0632. The highest BCUT2D eigenvalue weighted by Gasteiger charge is 2.21. The summed E-state index contributed by atoms with van der Waals surface area (Å²) in [5.41, 5.74) is 5.14. The van der Waals surface area contributed by atoms with Crippen molar-refractivity contribution in [2.45, 2.75) is 33.0 Å². The number of halogens is 1. The molecule has 0 spiro atoms. The van der Waals surface area contributed by atoms with Gasteiger partial charge in [0.15, 0.2) is 0 Å². The van der Waals surface area contributed by atoms with Gasteiger partial charge in [0.1, 0.15) is 0 Å². The highest BCUT2D eigenvalue weighted by molar-refractivity contribution is 9.10. The first-order valence-corrected chi connectivity index (χ1v) is 10.5.